The van der Waals surface area contributed by atoms with E-state index in [0.717, 1.165) is 50.8 Å². The van der Waals surface area contributed by atoms with Crippen LogP contribution >= 0.6 is 0 Å². The quantitative estimate of drug-likeness (QED) is 0.904. The van der Waals surface area contributed by atoms with Crippen LogP contribution in [0.25, 0.3) is 0 Å². The summed E-state index contributed by atoms with van der Waals surface area (Å²) < 4.78 is 5.26. The summed E-state index contributed by atoms with van der Waals surface area (Å²) in [5, 5.41) is 10.2. The van der Waals surface area contributed by atoms with E-state index in [1.807, 2.05) is 11.8 Å². The largest absolute Gasteiger partial charge is 0.469 e. The third-order valence-corrected chi connectivity index (χ3v) is 4.81. The monoisotopic (exact) mass is 277 g/mol. The highest BCUT2D eigenvalue weighted by molar-refractivity contribution is 5.94. The van der Waals surface area contributed by atoms with Gasteiger partial charge in [-0.15, -0.1) is 0 Å². The van der Waals surface area contributed by atoms with Crippen LogP contribution in [0.2, 0.25) is 0 Å². The molecule has 1 aliphatic carbocycles. The number of aliphatic hydroxyl groups is 1. The van der Waals surface area contributed by atoms with Crippen molar-refractivity contribution in [2.75, 3.05) is 6.54 Å². The molecule has 0 aromatic carbocycles. The van der Waals surface area contributed by atoms with E-state index in [0.29, 0.717) is 5.56 Å². The molecule has 1 saturated heterocycles. The van der Waals surface area contributed by atoms with Crippen molar-refractivity contribution in [2.45, 2.75) is 57.6 Å². The lowest BCUT2D eigenvalue weighted by Gasteiger charge is -2.40. The zero-order valence-corrected chi connectivity index (χ0v) is 12.0. The number of carbonyl (C=O) groups excluding carboxylic acids is 1. The van der Waals surface area contributed by atoms with Gasteiger partial charge in [-0.1, -0.05) is 6.42 Å². The fourth-order valence-corrected chi connectivity index (χ4v) is 3.79. The summed E-state index contributed by atoms with van der Waals surface area (Å²) in [7, 11) is 0. The molecule has 4 heteroatoms. The second-order valence-corrected chi connectivity index (χ2v) is 6.17. The molecule has 3 unspecified atom stereocenters. The zero-order valence-electron chi connectivity index (χ0n) is 12.0. The second-order valence-electron chi connectivity index (χ2n) is 6.17. The van der Waals surface area contributed by atoms with Gasteiger partial charge in [0.15, 0.2) is 0 Å². The Morgan fingerprint density at radius 3 is 2.80 bits per heavy atom. The first-order valence-electron chi connectivity index (χ1n) is 7.71. The van der Waals surface area contributed by atoms with E-state index in [1.165, 1.54) is 0 Å². The predicted molar refractivity (Wildman–Crippen MR) is 75.5 cm³/mol. The Morgan fingerprint density at radius 1 is 1.30 bits per heavy atom. The first kappa shape index (κ1) is 13.7. The van der Waals surface area contributed by atoms with Crippen molar-refractivity contribution in [2.24, 2.45) is 5.92 Å². The highest BCUT2D eigenvalue weighted by Gasteiger charge is 2.39. The van der Waals surface area contributed by atoms with Gasteiger partial charge in [0.2, 0.25) is 0 Å². The minimum atomic E-state index is -0.237. The molecule has 1 aliphatic heterocycles. The second kappa shape index (κ2) is 5.60. The van der Waals surface area contributed by atoms with E-state index < -0.39 is 0 Å². The Kier molecular flexibility index (Phi) is 3.83. The Balaban J connectivity index is 1.79. The third-order valence-electron chi connectivity index (χ3n) is 4.81. The van der Waals surface area contributed by atoms with Crippen LogP contribution in [0.1, 0.15) is 54.6 Å². The number of aryl methyl sites for hydroxylation is 1. The summed E-state index contributed by atoms with van der Waals surface area (Å²) in [6, 6.07) is 2.00. The van der Waals surface area contributed by atoms with Crippen LogP contribution in [0, 0.1) is 12.8 Å². The van der Waals surface area contributed by atoms with Crippen LogP contribution in [0.3, 0.4) is 0 Å². The molecule has 1 aromatic rings. The number of amides is 1. The summed E-state index contributed by atoms with van der Waals surface area (Å²) >= 11 is 0. The number of aliphatic hydroxyl groups excluding tert-OH is 1. The summed E-state index contributed by atoms with van der Waals surface area (Å²) in [5.41, 5.74) is 0.641. The van der Waals surface area contributed by atoms with Gasteiger partial charge in [0, 0.05) is 18.5 Å². The molecule has 2 aliphatic rings. The van der Waals surface area contributed by atoms with Crippen molar-refractivity contribution in [1.82, 2.24) is 4.90 Å². The number of piperidine rings is 1. The molecule has 0 radical (unpaired) electrons. The Morgan fingerprint density at radius 2 is 2.15 bits per heavy atom. The molecule has 0 bridgehead atoms. The maximum absolute atomic E-state index is 12.7. The molecule has 1 saturated carbocycles. The van der Waals surface area contributed by atoms with Gasteiger partial charge in [-0.25, -0.2) is 0 Å². The highest BCUT2D eigenvalue weighted by Crippen LogP contribution is 2.35. The van der Waals surface area contributed by atoms with Gasteiger partial charge in [0.1, 0.15) is 12.0 Å². The van der Waals surface area contributed by atoms with Gasteiger partial charge >= 0.3 is 0 Å². The first-order valence-corrected chi connectivity index (χ1v) is 7.71. The SMILES string of the molecule is Cc1cc(C(=O)N2CCCCC2C2CCCC2O)co1. The summed E-state index contributed by atoms with van der Waals surface area (Å²) in [5.74, 6) is 1.08. The molecule has 1 aromatic heterocycles. The molecule has 20 heavy (non-hydrogen) atoms. The van der Waals surface area contributed by atoms with E-state index >= 15 is 0 Å². The van der Waals surface area contributed by atoms with Crippen molar-refractivity contribution < 1.29 is 14.3 Å². The average molecular weight is 277 g/mol. The van der Waals surface area contributed by atoms with Gasteiger partial charge < -0.3 is 14.4 Å². The molecular weight excluding hydrogens is 254 g/mol. The van der Waals surface area contributed by atoms with E-state index in [1.54, 1.807) is 12.3 Å². The van der Waals surface area contributed by atoms with Crippen LogP contribution in [0.15, 0.2) is 16.7 Å². The smallest absolute Gasteiger partial charge is 0.257 e. The van der Waals surface area contributed by atoms with E-state index in [2.05, 4.69) is 0 Å². The van der Waals surface area contributed by atoms with Gasteiger partial charge in [-0.05, 0) is 45.1 Å². The lowest BCUT2D eigenvalue weighted by Crippen LogP contribution is -2.49. The van der Waals surface area contributed by atoms with Crippen LogP contribution in [0.4, 0.5) is 0 Å². The van der Waals surface area contributed by atoms with Crippen molar-refractivity contribution in [3.8, 4) is 0 Å². The van der Waals surface area contributed by atoms with Gasteiger partial charge in [0.25, 0.3) is 5.91 Å². The highest BCUT2D eigenvalue weighted by atomic mass is 16.3. The van der Waals surface area contributed by atoms with E-state index in [-0.39, 0.29) is 24.0 Å². The van der Waals surface area contributed by atoms with Gasteiger partial charge in [-0.2, -0.15) is 0 Å². The predicted octanol–water partition coefficient (Wildman–Crippen LogP) is 2.74. The molecule has 3 atom stereocenters. The topological polar surface area (TPSA) is 53.7 Å². The first-order chi connectivity index (χ1) is 9.66. The normalized spacial score (nSPS) is 30.7. The number of furan rings is 1. The maximum Gasteiger partial charge on any atom is 0.257 e. The van der Waals surface area contributed by atoms with Crippen molar-refractivity contribution in [3.63, 3.8) is 0 Å². The minimum absolute atomic E-state index is 0.0608. The van der Waals surface area contributed by atoms with Crippen LogP contribution in [-0.4, -0.2) is 34.6 Å². The van der Waals surface area contributed by atoms with E-state index in [4.69, 9.17) is 4.42 Å². The molecule has 3 rings (SSSR count). The van der Waals surface area contributed by atoms with Crippen molar-refractivity contribution in [1.29, 1.82) is 0 Å². The summed E-state index contributed by atoms with van der Waals surface area (Å²) in [4.78, 5) is 14.7. The van der Waals surface area contributed by atoms with Crippen molar-refractivity contribution >= 4 is 5.91 Å². The molecular formula is C16H23NO3. The summed E-state index contributed by atoms with van der Waals surface area (Å²) in [6.45, 7) is 2.65. The van der Waals surface area contributed by atoms with Crippen molar-refractivity contribution in [3.05, 3.63) is 23.7 Å². The van der Waals surface area contributed by atoms with Gasteiger partial charge in [-0.3, -0.25) is 4.79 Å². The number of hydrogen-bond donors (Lipinski definition) is 1. The lowest BCUT2D eigenvalue weighted by molar-refractivity contribution is 0.0287. The van der Waals surface area contributed by atoms with Crippen LogP contribution in [0.5, 0.6) is 0 Å². The molecule has 4 nitrogen and oxygen atoms in total. The minimum Gasteiger partial charge on any atom is -0.469 e. The number of likely N-dealkylation sites (tertiary alicyclic amines) is 1. The number of carbonyl (C=O) groups is 1. The standard InChI is InChI=1S/C16H23NO3/c1-11-9-12(10-20-11)16(19)17-8-3-2-6-14(17)13-5-4-7-15(13)18/h9-10,13-15,18H,2-8H2,1H3. The molecule has 1 N–H and O–H groups in total. The lowest BCUT2D eigenvalue weighted by atomic mass is 9.87. The molecule has 110 valence electrons. The fourth-order valence-electron chi connectivity index (χ4n) is 3.79. The fraction of sp³-hybridized carbons (Fsp3) is 0.688. The van der Waals surface area contributed by atoms with E-state index in [9.17, 15) is 9.90 Å². The Bertz CT molecular complexity index is 482. The Labute approximate surface area is 119 Å². The number of nitrogens with zero attached hydrogens (tertiary/aromatic N) is 1. The molecule has 2 fully saturated rings. The third kappa shape index (κ3) is 2.49. The summed E-state index contributed by atoms with van der Waals surface area (Å²) in [6.07, 6.45) is 7.55. The maximum atomic E-state index is 12.7. The Hall–Kier alpha value is -1.29. The molecule has 0 spiro atoms. The zero-order chi connectivity index (χ0) is 14.1. The number of hydrogen-bond acceptors (Lipinski definition) is 3. The average Bonchev–Trinajstić information content (AvgIpc) is 3.07. The van der Waals surface area contributed by atoms with Crippen LogP contribution < -0.4 is 0 Å². The van der Waals surface area contributed by atoms with Crippen LogP contribution in [-0.2, 0) is 0 Å². The van der Waals surface area contributed by atoms with Gasteiger partial charge in [0.05, 0.1) is 11.7 Å². The molecule has 1 amide bonds. The number of rotatable bonds is 2. The molecule has 2 heterocycles.